The van der Waals surface area contributed by atoms with Crippen LogP contribution in [0.5, 0.6) is 0 Å². The molecule has 0 saturated carbocycles. The van der Waals surface area contributed by atoms with E-state index < -0.39 is 5.97 Å². The van der Waals surface area contributed by atoms with Gasteiger partial charge in [0.2, 0.25) is 0 Å². The summed E-state index contributed by atoms with van der Waals surface area (Å²) in [5, 5.41) is 11.9. The molecule has 0 spiro atoms. The van der Waals surface area contributed by atoms with E-state index in [1.165, 1.54) is 12.1 Å². The minimum Gasteiger partial charge on any atom is -0.478 e. The second-order valence-electron chi connectivity index (χ2n) is 4.84. The fraction of sp³-hybridized carbons (Fsp3) is 0.250. The second-order valence-corrected chi connectivity index (χ2v) is 4.84. The third-order valence-corrected chi connectivity index (χ3v) is 3.18. The Hall–Kier alpha value is -2.56. The Morgan fingerprint density at radius 1 is 1.19 bits per heavy atom. The molecule has 0 aliphatic heterocycles. The largest absolute Gasteiger partial charge is 0.478 e. The molecule has 2 aromatic rings. The van der Waals surface area contributed by atoms with Crippen molar-refractivity contribution in [3.63, 3.8) is 0 Å². The van der Waals surface area contributed by atoms with E-state index in [0.29, 0.717) is 6.42 Å². The van der Waals surface area contributed by atoms with E-state index in [-0.39, 0.29) is 23.1 Å². The van der Waals surface area contributed by atoms with Gasteiger partial charge in [0.15, 0.2) is 0 Å². The highest BCUT2D eigenvalue weighted by Crippen LogP contribution is 2.10. The first-order chi connectivity index (χ1) is 10.1. The van der Waals surface area contributed by atoms with Crippen molar-refractivity contribution in [3.05, 3.63) is 59.5 Å². The molecule has 1 heterocycles. The van der Waals surface area contributed by atoms with E-state index >= 15 is 0 Å². The molecule has 1 unspecified atom stereocenters. The Morgan fingerprint density at radius 2 is 1.90 bits per heavy atom. The number of carbonyl (C=O) groups excluding carboxylic acids is 1. The number of furan rings is 1. The van der Waals surface area contributed by atoms with Crippen LogP contribution in [0.25, 0.3) is 0 Å². The summed E-state index contributed by atoms with van der Waals surface area (Å²) in [5.74, 6) is -0.619. The molecule has 0 aliphatic rings. The number of hydrogen-bond donors (Lipinski definition) is 2. The first kappa shape index (κ1) is 14.8. The van der Waals surface area contributed by atoms with Crippen molar-refractivity contribution < 1.29 is 19.1 Å². The molecule has 1 aromatic carbocycles. The van der Waals surface area contributed by atoms with Crippen LogP contribution in [0.15, 0.2) is 47.1 Å². The summed E-state index contributed by atoms with van der Waals surface area (Å²) >= 11 is 0. The molecule has 110 valence electrons. The standard InChI is InChI=1S/C16H17NO4/c1-11(8-9-12-5-4-10-21-12)17-15(18)13-6-2-3-7-14(13)16(19)20/h2-7,10-11H,8-9H2,1H3,(H,17,18)(H,19,20). The maximum Gasteiger partial charge on any atom is 0.336 e. The van der Waals surface area contributed by atoms with Crippen LogP contribution < -0.4 is 5.32 Å². The molecule has 0 aliphatic carbocycles. The van der Waals surface area contributed by atoms with Gasteiger partial charge in [0.1, 0.15) is 5.76 Å². The third-order valence-electron chi connectivity index (χ3n) is 3.18. The molecule has 2 N–H and O–H groups in total. The molecule has 21 heavy (non-hydrogen) atoms. The van der Waals surface area contributed by atoms with Crippen LogP contribution in [0.4, 0.5) is 0 Å². The fourth-order valence-corrected chi connectivity index (χ4v) is 2.05. The summed E-state index contributed by atoms with van der Waals surface area (Å²) < 4.78 is 5.23. The number of carboxylic acid groups (broad SMARTS) is 1. The van der Waals surface area contributed by atoms with Gasteiger partial charge in [-0.3, -0.25) is 4.79 Å². The normalized spacial score (nSPS) is 11.9. The number of aryl methyl sites for hydroxylation is 1. The molecular formula is C16H17NO4. The molecule has 5 heteroatoms. The van der Waals surface area contributed by atoms with Gasteiger partial charge in [-0.2, -0.15) is 0 Å². The van der Waals surface area contributed by atoms with Crippen molar-refractivity contribution in [2.75, 3.05) is 0 Å². The summed E-state index contributed by atoms with van der Waals surface area (Å²) in [6.45, 7) is 1.88. The summed E-state index contributed by atoms with van der Waals surface area (Å²) in [7, 11) is 0. The van der Waals surface area contributed by atoms with Gasteiger partial charge in [-0.25, -0.2) is 4.79 Å². The van der Waals surface area contributed by atoms with Crippen molar-refractivity contribution >= 4 is 11.9 Å². The Labute approximate surface area is 122 Å². The van der Waals surface area contributed by atoms with Crippen molar-refractivity contribution in [3.8, 4) is 0 Å². The zero-order valence-electron chi connectivity index (χ0n) is 11.7. The molecule has 5 nitrogen and oxygen atoms in total. The van der Waals surface area contributed by atoms with Crippen molar-refractivity contribution in [2.45, 2.75) is 25.8 Å². The maximum atomic E-state index is 12.1. The number of rotatable bonds is 6. The first-order valence-electron chi connectivity index (χ1n) is 6.73. The van der Waals surface area contributed by atoms with Crippen LogP contribution in [-0.2, 0) is 6.42 Å². The van der Waals surface area contributed by atoms with E-state index in [4.69, 9.17) is 9.52 Å². The van der Waals surface area contributed by atoms with Crippen LogP contribution in [0.2, 0.25) is 0 Å². The van der Waals surface area contributed by atoms with Gasteiger partial charge in [-0.05, 0) is 37.6 Å². The summed E-state index contributed by atoms with van der Waals surface area (Å²) in [6, 6.07) is 9.80. The Kier molecular flexibility index (Phi) is 4.77. The zero-order valence-corrected chi connectivity index (χ0v) is 11.7. The van der Waals surface area contributed by atoms with Crippen molar-refractivity contribution in [1.82, 2.24) is 5.32 Å². The lowest BCUT2D eigenvalue weighted by Gasteiger charge is -2.14. The first-order valence-corrected chi connectivity index (χ1v) is 6.73. The van der Waals surface area contributed by atoms with Gasteiger partial charge in [0, 0.05) is 12.5 Å². The molecule has 1 aromatic heterocycles. The lowest BCUT2D eigenvalue weighted by molar-refractivity contribution is 0.0690. The highest BCUT2D eigenvalue weighted by Gasteiger charge is 2.17. The smallest absolute Gasteiger partial charge is 0.336 e. The molecule has 0 radical (unpaired) electrons. The van der Waals surface area contributed by atoms with Gasteiger partial charge in [0.25, 0.3) is 5.91 Å². The number of amides is 1. The van der Waals surface area contributed by atoms with E-state index in [0.717, 1.165) is 12.2 Å². The van der Waals surface area contributed by atoms with E-state index in [9.17, 15) is 9.59 Å². The van der Waals surface area contributed by atoms with Gasteiger partial charge in [0.05, 0.1) is 17.4 Å². The summed E-state index contributed by atoms with van der Waals surface area (Å²) in [6.07, 6.45) is 3.05. The zero-order chi connectivity index (χ0) is 15.2. The average molecular weight is 287 g/mol. The van der Waals surface area contributed by atoms with Crippen molar-refractivity contribution in [1.29, 1.82) is 0 Å². The summed E-state index contributed by atoms with van der Waals surface area (Å²) in [4.78, 5) is 23.2. The highest BCUT2D eigenvalue weighted by atomic mass is 16.4. The number of carbonyl (C=O) groups is 2. The topological polar surface area (TPSA) is 79.5 Å². The predicted octanol–water partition coefficient (Wildman–Crippen LogP) is 2.73. The monoisotopic (exact) mass is 287 g/mol. The maximum absolute atomic E-state index is 12.1. The minimum absolute atomic E-state index is 0.00762. The number of benzene rings is 1. The molecule has 0 fully saturated rings. The molecule has 1 amide bonds. The fourth-order valence-electron chi connectivity index (χ4n) is 2.05. The van der Waals surface area contributed by atoms with Crippen LogP contribution >= 0.6 is 0 Å². The Bertz CT molecular complexity index is 619. The van der Waals surface area contributed by atoms with Crippen LogP contribution in [-0.4, -0.2) is 23.0 Å². The van der Waals surface area contributed by atoms with Gasteiger partial charge < -0.3 is 14.8 Å². The molecule has 0 bridgehead atoms. The lowest BCUT2D eigenvalue weighted by atomic mass is 10.1. The van der Waals surface area contributed by atoms with Crippen LogP contribution in [0, 0.1) is 0 Å². The molecule has 0 saturated heterocycles. The number of aromatic carboxylic acids is 1. The second kappa shape index (κ2) is 6.74. The van der Waals surface area contributed by atoms with Gasteiger partial charge >= 0.3 is 5.97 Å². The lowest BCUT2D eigenvalue weighted by Crippen LogP contribution is -2.33. The van der Waals surface area contributed by atoms with Crippen LogP contribution in [0.1, 0.15) is 39.8 Å². The Morgan fingerprint density at radius 3 is 2.52 bits per heavy atom. The van der Waals surface area contributed by atoms with Crippen molar-refractivity contribution in [2.24, 2.45) is 0 Å². The van der Waals surface area contributed by atoms with Gasteiger partial charge in [-0.15, -0.1) is 0 Å². The predicted molar refractivity (Wildman–Crippen MR) is 77.4 cm³/mol. The number of hydrogen-bond acceptors (Lipinski definition) is 3. The Balaban J connectivity index is 1.96. The van der Waals surface area contributed by atoms with E-state index in [2.05, 4.69) is 5.32 Å². The van der Waals surface area contributed by atoms with E-state index in [1.807, 2.05) is 19.1 Å². The summed E-state index contributed by atoms with van der Waals surface area (Å²) in [5.41, 5.74) is 0.183. The third kappa shape index (κ3) is 3.95. The van der Waals surface area contributed by atoms with E-state index in [1.54, 1.807) is 18.4 Å². The quantitative estimate of drug-likeness (QED) is 0.856. The molecule has 2 rings (SSSR count). The highest BCUT2D eigenvalue weighted by molar-refractivity contribution is 6.04. The number of carboxylic acids is 1. The SMILES string of the molecule is CC(CCc1ccco1)NC(=O)c1ccccc1C(=O)O. The van der Waals surface area contributed by atoms with Gasteiger partial charge in [-0.1, -0.05) is 12.1 Å². The number of nitrogens with one attached hydrogen (secondary N) is 1. The molecule has 1 atom stereocenters. The van der Waals surface area contributed by atoms with Crippen LogP contribution in [0.3, 0.4) is 0 Å². The molecular weight excluding hydrogens is 270 g/mol. The average Bonchev–Trinajstić information content (AvgIpc) is 2.98. The minimum atomic E-state index is -1.11.